The average Bonchev–Trinajstić information content (AvgIpc) is 3.34. The molecule has 0 atom stereocenters. The summed E-state index contributed by atoms with van der Waals surface area (Å²) in [6.07, 6.45) is 0.224. The second kappa shape index (κ2) is 7.12. The molecule has 3 aromatic heterocycles. The van der Waals surface area contributed by atoms with Gasteiger partial charge in [-0.2, -0.15) is 18.3 Å². The lowest BCUT2D eigenvalue weighted by molar-refractivity contribution is -0.141. The summed E-state index contributed by atoms with van der Waals surface area (Å²) in [5, 5.41) is 4.43. The van der Waals surface area contributed by atoms with Crippen LogP contribution in [0.15, 0.2) is 12.4 Å². The van der Waals surface area contributed by atoms with E-state index in [9.17, 15) is 18.0 Å². The molecular weight excluding hydrogens is 387 g/mol. The highest BCUT2D eigenvalue weighted by Gasteiger charge is 2.31. The van der Waals surface area contributed by atoms with Crippen LogP contribution in [0.1, 0.15) is 35.9 Å². The Morgan fingerprint density at radius 2 is 1.97 bits per heavy atom. The van der Waals surface area contributed by atoms with Crippen LogP contribution in [0.25, 0.3) is 5.65 Å². The molecule has 0 aromatic carbocycles. The number of anilines is 1. The molecule has 4 heterocycles. The second-order valence-electron chi connectivity index (χ2n) is 7.16. The predicted molar refractivity (Wildman–Crippen MR) is 97.5 cm³/mol. The molecule has 11 heteroatoms. The lowest BCUT2D eigenvalue weighted by Crippen LogP contribution is -2.24. The summed E-state index contributed by atoms with van der Waals surface area (Å²) in [5.74, 6) is 0.909. The van der Waals surface area contributed by atoms with Crippen LogP contribution in [-0.2, 0) is 24.2 Å². The smallest absolute Gasteiger partial charge is 0.324 e. The molecule has 29 heavy (non-hydrogen) atoms. The first kappa shape index (κ1) is 19.3. The van der Waals surface area contributed by atoms with E-state index in [0.717, 1.165) is 16.0 Å². The first-order valence-electron chi connectivity index (χ1n) is 9.32. The Morgan fingerprint density at radius 3 is 2.62 bits per heavy atom. The Kier molecular flexibility index (Phi) is 4.75. The average molecular weight is 407 g/mol. The van der Waals surface area contributed by atoms with Crippen molar-refractivity contribution < 1.29 is 18.0 Å². The first-order chi connectivity index (χ1) is 13.7. The topological polar surface area (TPSA) is 81.2 Å². The minimum Gasteiger partial charge on any atom is -0.324 e. The van der Waals surface area contributed by atoms with Gasteiger partial charge >= 0.3 is 6.18 Å². The summed E-state index contributed by atoms with van der Waals surface area (Å²) < 4.78 is 41.8. The van der Waals surface area contributed by atoms with Crippen molar-refractivity contribution in [2.24, 2.45) is 0 Å². The van der Waals surface area contributed by atoms with Gasteiger partial charge in [-0.15, -0.1) is 0 Å². The Labute approximate surface area is 164 Å². The number of carbonyl (C=O) groups excluding carboxylic acids is 1. The summed E-state index contributed by atoms with van der Waals surface area (Å²) in [6.45, 7) is 2.99. The molecule has 3 aromatic rings. The molecule has 0 saturated carbocycles. The molecule has 1 aliphatic rings. The van der Waals surface area contributed by atoms with Crippen molar-refractivity contribution in [3.8, 4) is 0 Å². The summed E-state index contributed by atoms with van der Waals surface area (Å²) in [6, 6.07) is 0. The molecule has 1 fully saturated rings. The van der Waals surface area contributed by atoms with Gasteiger partial charge in [0.15, 0.2) is 17.3 Å². The van der Waals surface area contributed by atoms with Gasteiger partial charge < -0.3 is 4.57 Å². The minimum atomic E-state index is -4.39. The highest BCUT2D eigenvalue weighted by molar-refractivity contribution is 5.94. The molecule has 1 amide bonds. The zero-order valence-corrected chi connectivity index (χ0v) is 16.1. The number of rotatable bonds is 5. The lowest BCUT2D eigenvalue weighted by atomic mass is 10.3. The third-order valence-corrected chi connectivity index (χ3v) is 4.87. The van der Waals surface area contributed by atoms with Gasteiger partial charge in [-0.25, -0.2) is 14.5 Å². The van der Waals surface area contributed by atoms with Crippen LogP contribution >= 0.6 is 0 Å². The van der Waals surface area contributed by atoms with Crippen LogP contribution in [0.3, 0.4) is 0 Å². The van der Waals surface area contributed by atoms with E-state index in [1.54, 1.807) is 10.7 Å². The third-order valence-electron chi connectivity index (χ3n) is 4.87. The zero-order chi connectivity index (χ0) is 20.8. The van der Waals surface area contributed by atoms with E-state index < -0.39 is 12.7 Å². The van der Waals surface area contributed by atoms with E-state index in [-0.39, 0.29) is 24.0 Å². The highest BCUT2D eigenvalue weighted by atomic mass is 19.4. The second-order valence-corrected chi connectivity index (χ2v) is 7.16. The SMILES string of the molecule is Cc1ncc(C)n2nc(CCc3nc(N4CCCC4=O)cn3CC(F)(F)F)nc12. The zero-order valence-electron chi connectivity index (χ0n) is 16.1. The van der Waals surface area contributed by atoms with Gasteiger partial charge in [-0.3, -0.25) is 14.7 Å². The number of fused-ring (bicyclic) bond motifs is 1. The molecule has 0 radical (unpaired) electrons. The summed E-state index contributed by atoms with van der Waals surface area (Å²) in [7, 11) is 0. The molecular formula is C18H20F3N7O. The molecule has 8 nitrogen and oxygen atoms in total. The standard InChI is InChI=1S/C18H20F3N7O/c1-11-8-22-12(2)17-23-13(25-28(11)17)5-6-14-24-15(27-7-3-4-16(27)29)9-26(14)10-18(19,20)21/h8-9H,3-7,10H2,1-2H3. The number of carbonyl (C=O) groups is 1. The predicted octanol–water partition coefficient (Wildman–Crippen LogP) is 2.41. The molecule has 1 saturated heterocycles. The van der Waals surface area contributed by atoms with Crippen molar-refractivity contribution in [2.75, 3.05) is 11.4 Å². The number of alkyl halides is 3. The number of aryl methyl sites for hydroxylation is 4. The number of hydrogen-bond acceptors (Lipinski definition) is 5. The molecule has 0 aliphatic carbocycles. The van der Waals surface area contributed by atoms with Gasteiger partial charge in [0.25, 0.3) is 0 Å². The van der Waals surface area contributed by atoms with Crippen LogP contribution in [-0.4, -0.2) is 47.8 Å². The minimum absolute atomic E-state index is 0.117. The molecule has 154 valence electrons. The van der Waals surface area contributed by atoms with E-state index in [0.29, 0.717) is 37.3 Å². The van der Waals surface area contributed by atoms with Crippen LogP contribution in [0, 0.1) is 13.8 Å². The maximum Gasteiger partial charge on any atom is 0.406 e. The monoisotopic (exact) mass is 407 g/mol. The highest BCUT2D eigenvalue weighted by Crippen LogP contribution is 2.25. The summed E-state index contributed by atoms with van der Waals surface area (Å²) in [4.78, 5) is 26.4. The van der Waals surface area contributed by atoms with E-state index in [2.05, 4.69) is 20.1 Å². The largest absolute Gasteiger partial charge is 0.406 e. The number of aromatic nitrogens is 6. The number of nitrogens with zero attached hydrogens (tertiary/aromatic N) is 7. The maximum absolute atomic E-state index is 13.0. The van der Waals surface area contributed by atoms with Crippen LogP contribution in [0.4, 0.5) is 19.0 Å². The van der Waals surface area contributed by atoms with Crippen molar-refractivity contribution in [3.05, 3.63) is 35.4 Å². The van der Waals surface area contributed by atoms with Gasteiger partial charge in [0, 0.05) is 38.2 Å². The van der Waals surface area contributed by atoms with E-state index in [1.165, 1.54) is 11.1 Å². The Morgan fingerprint density at radius 1 is 1.17 bits per heavy atom. The van der Waals surface area contributed by atoms with Gasteiger partial charge in [0.1, 0.15) is 12.4 Å². The van der Waals surface area contributed by atoms with Gasteiger partial charge in [-0.05, 0) is 20.3 Å². The number of amides is 1. The van der Waals surface area contributed by atoms with Gasteiger partial charge in [0.05, 0.1) is 11.4 Å². The van der Waals surface area contributed by atoms with Crippen molar-refractivity contribution >= 4 is 17.4 Å². The van der Waals surface area contributed by atoms with E-state index >= 15 is 0 Å². The number of imidazole rings is 1. The molecule has 4 rings (SSSR count). The molecule has 0 N–H and O–H groups in total. The fourth-order valence-corrected chi connectivity index (χ4v) is 3.46. The maximum atomic E-state index is 13.0. The number of halogens is 3. The van der Waals surface area contributed by atoms with Crippen LogP contribution in [0.5, 0.6) is 0 Å². The van der Waals surface area contributed by atoms with Crippen molar-refractivity contribution in [2.45, 2.75) is 52.3 Å². The normalized spacial score (nSPS) is 15.1. The summed E-state index contributed by atoms with van der Waals surface area (Å²) in [5.41, 5.74) is 2.17. The van der Waals surface area contributed by atoms with Gasteiger partial charge in [0.2, 0.25) is 5.91 Å². The van der Waals surface area contributed by atoms with E-state index in [1.807, 2.05) is 13.8 Å². The lowest BCUT2D eigenvalue weighted by Gasteiger charge is -2.11. The van der Waals surface area contributed by atoms with Crippen molar-refractivity contribution in [3.63, 3.8) is 0 Å². The quantitative estimate of drug-likeness (QED) is 0.649. The Bertz CT molecular complexity index is 1030. The van der Waals surface area contributed by atoms with Crippen LogP contribution < -0.4 is 4.90 Å². The van der Waals surface area contributed by atoms with Crippen molar-refractivity contribution in [1.82, 2.24) is 29.1 Å². The molecule has 0 bridgehead atoms. The van der Waals surface area contributed by atoms with Gasteiger partial charge in [-0.1, -0.05) is 0 Å². The molecule has 0 unspecified atom stereocenters. The summed E-state index contributed by atoms with van der Waals surface area (Å²) >= 11 is 0. The van der Waals surface area contributed by atoms with Crippen molar-refractivity contribution in [1.29, 1.82) is 0 Å². The molecule has 0 spiro atoms. The fourth-order valence-electron chi connectivity index (χ4n) is 3.46. The molecule has 1 aliphatic heterocycles. The number of hydrogen-bond donors (Lipinski definition) is 0. The first-order valence-corrected chi connectivity index (χ1v) is 9.32. The third kappa shape index (κ3) is 3.94. The van der Waals surface area contributed by atoms with E-state index in [4.69, 9.17) is 0 Å². The Hall–Kier alpha value is -2.98. The van der Waals surface area contributed by atoms with Crippen LogP contribution in [0.2, 0.25) is 0 Å². The fraction of sp³-hybridized carbons (Fsp3) is 0.500. The Balaban J connectivity index is 1.60.